The Labute approximate surface area is 108 Å². The highest BCUT2D eigenvalue weighted by molar-refractivity contribution is 5.94. The Kier molecular flexibility index (Phi) is 6.13. The van der Waals surface area contributed by atoms with Gasteiger partial charge in [0.05, 0.1) is 5.69 Å². The summed E-state index contributed by atoms with van der Waals surface area (Å²) >= 11 is 0. The number of rotatable bonds is 4. The van der Waals surface area contributed by atoms with Crippen LogP contribution >= 0.6 is 12.4 Å². The van der Waals surface area contributed by atoms with E-state index in [0.29, 0.717) is 12.1 Å². The number of nitrogens with zero attached hydrogens (tertiary/aromatic N) is 1. The Balaban J connectivity index is 0.00000256. The molecule has 0 aromatic carbocycles. The second-order valence-corrected chi connectivity index (χ2v) is 4.43. The van der Waals surface area contributed by atoms with E-state index in [1.54, 1.807) is 18.3 Å². The number of pyridine rings is 1. The summed E-state index contributed by atoms with van der Waals surface area (Å²) in [7, 11) is 0. The fourth-order valence-electron chi connectivity index (χ4n) is 1.20. The van der Waals surface area contributed by atoms with Crippen molar-refractivity contribution in [2.75, 3.05) is 0 Å². The van der Waals surface area contributed by atoms with Crippen LogP contribution in [0.1, 0.15) is 43.2 Å². The zero-order valence-corrected chi connectivity index (χ0v) is 11.3. The maximum absolute atomic E-state index is 11.9. The lowest BCUT2D eigenvalue weighted by molar-refractivity contribution is 0.0911. The van der Waals surface area contributed by atoms with Gasteiger partial charge in [0.25, 0.3) is 5.91 Å². The quantitative estimate of drug-likeness (QED) is 0.865. The second kappa shape index (κ2) is 6.57. The van der Waals surface area contributed by atoms with Crippen LogP contribution in [0.15, 0.2) is 18.3 Å². The van der Waals surface area contributed by atoms with Crippen molar-refractivity contribution < 1.29 is 4.79 Å². The zero-order chi connectivity index (χ0) is 12.2. The van der Waals surface area contributed by atoms with E-state index >= 15 is 0 Å². The van der Waals surface area contributed by atoms with E-state index in [1.165, 1.54) is 0 Å². The molecule has 0 bridgehead atoms. The summed E-state index contributed by atoms with van der Waals surface area (Å²) in [5.41, 5.74) is 6.62. The smallest absolute Gasteiger partial charge is 0.251 e. The monoisotopic (exact) mass is 257 g/mol. The SMILES string of the molecule is CCC(C)(C)NC(=O)c1ccnc(CN)c1.Cl. The number of halogens is 1. The standard InChI is InChI=1S/C12H19N3O.ClH/c1-4-12(2,3)15-11(16)9-5-6-14-10(7-9)8-13;/h5-7H,4,8,13H2,1-3H3,(H,15,16);1H. The van der Waals surface area contributed by atoms with E-state index < -0.39 is 0 Å². The van der Waals surface area contributed by atoms with E-state index in [9.17, 15) is 4.79 Å². The Bertz CT molecular complexity index is 380. The molecule has 0 saturated heterocycles. The molecule has 4 nitrogen and oxygen atoms in total. The van der Waals surface area contributed by atoms with Crippen molar-refractivity contribution in [3.8, 4) is 0 Å². The van der Waals surface area contributed by atoms with Crippen molar-refractivity contribution in [1.29, 1.82) is 0 Å². The molecule has 3 N–H and O–H groups in total. The molecule has 5 heteroatoms. The van der Waals surface area contributed by atoms with E-state index in [-0.39, 0.29) is 23.9 Å². The van der Waals surface area contributed by atoms with Gasteiger partial charge in [-0.1, -0.05) is 6.92 Å². The van der Waals surface area contributed by atoms with Crippen molar-refractivity contribution >= 4 is 18.3 Å². The van der Waals surface area contributed by atoms with Gasteiger partial charge in [-0.05, 0) is 32.4 Å². The lowest BCUT2D eigenvalue weighted by Gasteiger charge is -2.24. The Morgan fingerprint density at radius 2 is 2.18 bits per heavy atom. The summed E-state index contributed by atoms with van der Waals surface area (Å²) in [6, 6.07) is 3.42. The normalized spacial score (nSPS) is 10.6. The molecule has 0 unspecified atom stereocenters. The average molecular weight is 258 g/mol. The van der Waals surface area contributed by atoms with Crippen LogP contribution < -0.4 is 11.1 Å². The van der Waals surface area contributed by atoms with Crippen LogP contribution in [0, 0.1) is 0 Å². The maximum atomic E-state index is 11.9. The number of aromatic nitrogens is 1. The molecule has 0 spiro atoms. The summed E-state index contributed by atoms with van der Waals surface area (Å²) in [6.45, 7) is 6.38. The van der Waals surface area contributed by atoms with E-state index in [0.717, 1.165) is 12.1 Å². The minimum Gasteiger partial charge on any atom is -0.347 e. The molecular weight excluding hydrogens is 238 g/mol. The number of nitrogens with one attached hydrogen (secondary N) is 1. The van der Waals surface area contributed by atoms with Crippen LogP contribution in [-0.4, -0.2) is 16.4 Å². The van der Waals surface area contributed by atoms with E-state index in [4.69, 9.17) is 5.73 Å². The molecule has 0 atom stereocenters. The van der Waals surface area contributed by atoms with Gasteiger partial charge in [0.15, 0.2) is 0 Å². The molecule has 0 saturated carbocycles. The van der Waals surface area contributed by atoms with Crippen molar-refractivity contribution in [2.45, 2.75) is 39.3 Å². The van der Waals surface area contributed by atoms with Crippen LogP contribution in [0.2, 0.25) is 0 Å². The first-order chi connectivity index (χ1) is 7.48. The highest BCUT2D eigenvalue weighted by Gasteiger charge is 2.18. The van der Waals surface area contributed by atoms with Crippen LogP contribution in [-0.2, 0) is 6.54 Å². The Hall–Kier alpha value is -1.13. The van der Waals surface area contributed by atoms with Gasteiger partial charge < -0.3 is 11.1 Å². The predicted octanol–water partition coefficient (Wildman–Crippen LogP) is 1.88. The summed E-state index contributed by atoms with van der Waals surface area (Å²) in [5, 5.41) is 2.97. The fourth-order valence-corrected chi connectivity index (χ4v) is 1.20. The van der Waals surface area contributed by atoms with Gasteiger partial charge >= 0.3 is 0 Å². The predicted molar refractivity (Wildman–Crippen MR) is 71.2 cm³/mol. The number of carbonyl (C=O) groups excluding carboxylic acids is 1. The van der Waals surface area contributed by atoms with Gasteiger partial charge in [0.2, 0.25) is 0 Å². The molecule has 0 fully saturated rings. The van der Waals surface area contributed by atoms with Crippen molar-refractivity contribution in [1.82, 2.24) is 10.3 Å². The van der Waals surface area contributed by atoms with Gasteiger partial charge in [-0.2, -0.15) is 0 Å². The third-order valence-electron chi connectivity index (χ3n) is 2.62. The topological polar surface area (TPSA) is 68.0 Å². The number of carbonyl (C=O) groups is 1. The zero-order valence-electron chi connectivity index (χ0n) is 10.5. The van der Waals surface area contributed by atoms with Crippen LogP contribution in [0.3, 0.4) is 0 Å². The molecule has 17 heavy (non-hydrogen) atoms. The number of hydrogen-bond donors (Lipinski definition) is 2. The van der Waals surface area contributed by atoms with Gasteiger partial charge in [-0.25, -0.2) is 0 Å². The molecule has 1 amide bonds. The van der Waals surface area contributed by atoms with Crippen LogP contribution in [0.4, 0.5) is 0 Å². The molecular formula is C12H20ClN3O. The molecule has 1 rings (SSSR count). The third kappa shape index (κ3) is 4.71. The number of amides is 1. The number of nitrogens with two attached hydrogens (primary N) is 1. The Morgan fingerprint density at radius 1 is 1.53 bits per heavy atom. The van der Waals surface area contributed by atoms with Gasteiger partial charge in [-0.3, -0.25) is 9.78 Å². The number of hydrogen-bond acceptors (Lipinski definition) is 3. The van der Waals surface area contributed by atoms with Gasteiger partial charge in [0.1, 0.15) is 0 Å². The molecule has 0 aliphatic rings. The summed E-state index contributed by atoms with van der Waals surface area (Å²) in [6.07, 6.45) is 2.49. The third-order valence-corrected chi connectivity index (χ3v) is 2.62. The molecule has 1 aromatic heterocycles. The first kappa shape index (κ1) is 15.9. The van der Waals surface area contributed by atoms with Crippen LogP contribution in [0.5, 0.6) is 0 Å². The highest BCUT2D eigenvalue weighted by Crippen LogP contribution is 2.09. The molecule has 0 aliphatic heterocycles. The molecule has 0 aliphatic carbocycles. The largest absolute Gasteiger partial charge is 0.347 e. The van der Waals surface area contributed by atoms with Crippen molar-refractivity contribution in [2.24, 2.45) is 5.73 Å². The average Bonchev–Trinajstić information content (AvgIpc) is 2.28. The lowest BCUT2D eigenvalue weighted by Crippen LogP contribution is -2.42. The van der Waals surface area contributed by atoms with Gasteiger partial charge in [0, 0.05) is 23.8 Å². The van der Waals surface area contributed by atoms with Crippen molar-refractivity contribution in [3.63, 3.8) is 0 Å². The summed E-state index contributed by atoms with van der Waals surface area (Å²) in [4.78, 5) is 16.0. The van der Waals surface area contributed by atoms with Crippen molar-refractivity contribution in [3.05, 3.63) is 29.6 Å². The summed E-state index contributed by atoms with van der Waals surface area (Å²) in [5.74, 6) is -0.0797. The van der Waals surface area contributed by atoms with Crippen LogP contribution in [0.25, 0.3) is 0 Å². The highest BCUT2D eigenvalue weighted by atomic mass is 35.5. The Morgan fingerprint density at radius 3 is 2.71 bits per heavy atom. The second-order valence-electron chi connectivity index (χ2n) is 4.43. The molecule has 0 radical (unpaired) electrons. The molecule has 96 valence electrons. The first-order valence-corrected chi connectivity index (χ1v) is 5.46. The minimum absolute atomic E-state index is 0. The van der Waals surface area contributed by atoms with E-state index in [1.807, 2.05) is 20.8 Å². The maximum Gasteiger partial charge on any atom is 0.251 e. The van der Waals surface area contributed by atoms with Gasteiger partial charge in [-0.15, -0.1) is 12.4 Å². The summed E-state index contributed by atoms with van der Waals surface area (Å²) < 4.78 is 0. The fraction of sp³-hybridized carbons (Fsp3) is 0.500. The first-order valence-electron chi connectivity index (χ1n) is 5.46. The van der Waals surface area contributed by atoms with E-state index in [2.05, 4.69) is 10.3 Å². The minimum atomic E-state index is -0.191. The molecule has 1 heterocycles. The lowest BCUT2D eigenvalue weighted by atomic mass is 10.0. The molecule has 1 aromatic rings.